The number of rotatable bonds is 3. The standard InChI is InChI=1S/C17H21NO5/c1-2-21-17(20)12-6-5-9-18(10-12)16(19)15-11-22-13-7-3-4-8-14(13)23-15/h3-4,7-8,12,15H,2,5-6,9-11H2,1H3. The van der Waals surface area contributed by atoms with Gasteiger partial charge in [0.1, 0.15) is 6.61 Å². The molecule has 1 aromatic rings. The highest BCUT2D eigenvalue weighted by atomic mass is 16.6. The number of fused-ring (bicyclic) bond motifs is 1. The first-order valence-electron chi connectivity index (χ1n) is 8.03. The minimum atomic E-state index is -0.661. The molecule has 1 fully saturated rings. The zero-order valence-corrected chi connectivity index (χ0v) is 13.2. The fourth-order valence-electron chi connectivity index (χ4n) is 2.97. The van der Waals surface area contributed by atoms with Crippen molar-refractivity contribution in [2.45, 2.75) is 25.9 Å². The molecule has 0 bridgehead atoms. The van der Waals surface area contributed by atoms with E-state index >= 15 is 0 Å². The number of hydrogen-bond acceptors (Lipinski definition) is 5. The van der Waals surface area contributed by atoms with E-state index in [-0.39, 0.29) is 24.4 Å². The highest BCUT2D eigenvalue weighted by Crippen LogP contribution is 2.31. The summed E-state index contributed by atoms with van der Waals surface area (Å²) in [6.07, 6.45) is 0.887. The van der Waals surface area contributed by atoms with Gasteiger partial charge in [-0.05, 0) is 31.9 Å². The Labute approximate surface area is 135 Å². The highest BCUT2D eigenvalue weighted by molar-refractivity contribution is 5.83. The molecule has 6 nitrogen and oxygen atoms in total. The first kappa shape index (κ1) is 15.6. The summed E-state index contributed by atoms with van der Waals surface area (Å²) < 4.78 is 16.4. The summed E-state index contributed by atoms with van der Waals surface area (Å²) in [5.74, 6) is 0.629. The van der Waals surface area contributed by atoms with Gasteiger partial charge in [-0.1, -0.05) is 12.1 Å². The van der Waals surface area contributed by atoms with Crippen molar-refractivity contribution in [3.63, 3.8) is 0 Å². The predicted octanol–water partition coefficient (Wildman–Crippen LogP) is 1.63. The van der Waals surface area contributed by atoms with Crippen LogP contribution in [0.1, 0.15) is 19.8 Å². The average Bonchev–Trinajstić information content (AvgIpc) is 2.61. The molecule has 0 aromatic heterocycles. The van der Waals surface area contributed by atoms with Crippen molar-refractivity contribution in [1.82, 2.24) is 4.90 Å². The van der Waals surface area contributed by atoms with Gasteiger partial charge in [0.2, 0.25) is 6.10 Å². The van der Waals surface area contributed by atoms with Crippen LogP contribution >= 0.6 is 0 Å². The van der Waals surface area contributed by atoms with Gasteiger partial charge < -0.3 is 19.1 Å². The molecule has 6 heteroatoms. The molecule has 2 aliphatic rings. The van der Waals surface area contributed by atoms with E-state index in [0.717, 1.165) is 12.8 Å². The maximum atomic E-state index is 12.7. The lowest BCUT2D eigenvalue weighted by Crippen LogP contribution is -2.50. The van der Waals surface area contributed by atoms with E-state index in [1.54, 1.807) is 17.9 Å². The zero-order chi connectivity index (χ0) is 16.2. The number of amides is 1. The smallest absolute Gasteiger partial charge is 0.310 e. The number of hydrogen-bond donors (Lipinski definition) is 0. The van der Waals surface area contributed by atoms with Gasteiger partial charge in [0, 0.05) is 13.1 Å². The fourth-order valence-corrected chi connectivity index (χ4v) is 2.97. The van der Waals surface area contributed by atoms with Gasteiger partial charge >= 0.3 is 5.97 Å². The summed E-state index contributed by atoms with van der Waals surface area (Å²) in [6, 6.07) is 7.30. The molecule has 3 rings (SSSR count). The number of nitrogens with zero attached hydrogens (tertiary/aromatic N) is 1. The third kappa shape index (κ3) is 3.41. The summed E-state index contributed by atoms with van der Waals surface area (Å²) in [5, 5.41) is 0. The summed E-state index contributed by atoms with van der Waals surface area (Å²) in [7, 11) is 0. The van der Waals surface area contributed by atoms with Crippen molar-refractivity contribution in [2.75, 3.05) is 26.3 Å². The van der Waals surface area contributed by atoms with Crippen LogP contribution in [-0.4, -0.2) is 49.2 Å². The largest absolute Gasteiger partial charge is 0.485 e. The average molecular weight is 319 g/mol. The molecule has 1 aromatic carbocycles. The lowest BCUT2D eigenvalue weighted by atomic mass is 9.97. The van der Waals surface area contributed by atoms with Crippen molar-refractivity contribution in [1.29, 1.82) is 0 Å². The number of likely N-dealkylation sites (tertiary alicyclic amines) is 1. The van der Waals surface area contributed by atoms with E-state index < -0.39 is 6.10 Å². The summed E-state index contributed by atoms with van der Waals surface area (Å²) in [6.45, 7) is 3.36. The van der Waals surface area contributed by atoms with E-state index in [9.17, 15) is 9.59 Å². The van der Waals surface area contributed by atoms with Crippen LogP contribution in [-0.2, 0) is 14.3 Å². The third-order valence-electron chi connectivity index (χ3n) is 4.14. The number of carbonyl (C=O) groups is 2. The normalized spacial score (nSPS) is 23.3. The lowest BCUT2D eigenvalue weighted by molar-refractivity contribution is -0.153. The molecular weight excluding hydrogens is 298 g/mol. The van der Waals surface area contributed by atoms with Crippen molar-refractivity contribution < 1.29 is 23.8 Å². The van der Waals surface area contributed by atoms with E-state index in [1.807, 2.05) is 18.2 Å². The molecule has 2 heterocycles. The highest BCUT2D eigenvalue weighted by Gasteiger charge is 2.35. The van der Waals surface area contributed by atoms with Crippen molar-refractivity contribution in [2.24, 2.45) is 5.92 Å². The number of carbonyl (C=O) groups excluding carboxylic acids is 2. The molecule has 0 aliphatic carbocycles. The van der Waals surface area contributed by atoms with Crippen LogP contribution in [0.3, 0.4) is 0 Å². The second kappa shape index (κ2) is 6.89. The van der Waals surface area contributed by atoms with Gasteiger partial charge in [0.05, 0.1) is 12.5 Å². The molecule has 23 heavy (non-hydrogen) atoms. The Morgan fingerprint density at radius 1 is 1.30 bits per heavy atom. The number of esters is 1. The van der Waals surface area contributed by atoms with Gasteiger partial charge in [0.25, 0.3) is 5.91 Å². The second-order valence-electron chi connectivity index (χ2n) is 5.74. The van der Waals surface area contributed by atoms with Crippen LogP contribution < -0.4 is 9.47 Å². The predicted molar refractivity (Wildman–Crippen MR) is 82.3 cm³/mol. The first-order chi connectivity index (χ1) is 11.2. The summed E-state index contributed by atoms with van der Waals surface area (Å²) in [5.41, 5.74) is 0. The maximum Gasteiger partial charge on any atom is 0.310 e. The molecular formula is C17H21NO5. The van der Waals surface area contributed by atoms with Crippen LogP contribution in [0.15, 0.2) is 24.3 Å². The Hall–Kier alpha value is -2.24. The number of piperidine rings is 1. The topological polar surface area (TPSA) is 65.1 Å². The minimum absolute atomic E-state index is 0.131. The minimum Gasteiger partial charge on any atom is -0.485 e. The van der Waals surface area contributed by atoms with Crippen molar-refractivity contribution >= 4 is 11.9 Å². The van der Waals surface area contributed by atoms with Gasteiger partial charge in [-0.15, -0.1) is 0 Å². The molecule has 2 unspecified atom stereocenters. The maximum absolute atomic E-state index is 12.7. The summed E-state index contributed by atoms with van der Waals surface area (Å²) in [4.78, 5) is 26.2. The molecule has 2 atom stereocenters. The van der Waals surface area contributed by atoms with Gasteiger partial charge in [0.15, 0.2) is 11.5 Å². The summed E-state index contributed by atoms with van der Waals surface area (Å²) >= 11 is 0. The monoisotopic (exact) mass is 319 g/mol. The van der Waals surface area contributed by atoms with Crippen molar-refractivity contribution in [3.05, 3.63) is 24.3 Å². The Kier molecular flexibility index (Phi) is 4.69. The fraction of sp³-hybridized carbons (Fsp3) is 0.529. The SMILES string of the molecule is CCOC(=O)C1CCCN(C(=O)C2COc3ccccc3O2)C1. The van der Waals surface area contributed by atoms with Crippen LogP contribution in [0, 0.1) is 5.92 Å². The van der Waals surface area contributed by atoms with Crippen LogP contribution in [0.25, 0.3) is 0 Å². The zero-order valence-electron chi connectivity index (χ0n) is 13.2. The molecule has 0 N–H and O–H groups in total. The van der Waals surface area contributed by atoms with E-state index in [2.05, 4.69) is 0 Å². The first-order valence-corrected chi connectivity index (χ1v) is 8.03. The van der Waals surface area contributed by atoms with Crippen LogP contribution in [0.4, 0.5) is 0 Å². The molecule has 0 saturated carbocycles. The van der Waals surface area contributed by atoms with E-state index in [1.165, 1.54) is 0 Å². The molecule has 2 aliphatic heterocycles. The number of benzene rings is 1. The number of ether oxygens (including phenoxy) is 3. The lowest BCUT2D eigenvalue weighted by Gasteiger charge is -2.35. The second-order valence-corrected chi connectivity index (χ2v) is 5.74. The van der Waals surface area contributed by atoms with Gasteiger partial charge in [-0.25, -0.2) is 0 Å². The van der Waals surface area contributed by atoms with Crippen LogP contribution in [0.2, 0.25) is 0 Å². The molecule has 124 valence electrons. The molecule has 0 spiro atoms. The molecule has 1 saturated heterocycles. The van der Waals surface area contributed by atoms with Crippen LogP contribution in [0.5, 0.6) is 11.5 Å². The van der Waals surface area contributed by atoms with Crippen molar-refractivity contribution in [3.8, 4) is 11.5 Å². The molecule has 1 amide bonds. The Morgan fingerprint density at radius 3 is 2.87 bits per heavy atom. The quantitative estimate of drug-likeness (QED) is 0.792. The third-order valence-corrected chi connectivity index (χ3v) is 4.14. The Balaban J connectivity index is 1.63. The Bertz CT molecular complexity index is 588. The molecule has 0 radical (unpaired) electrons. The number of para-hydroxylation sites is 2. The van der Waals surface area contributed by atoms with Gasteiger partial charge in [-0.3, -0.25) is 9.59 Å². The van der Waals surface area contributed by atoms with E-state index in [0.29, 0.717) is 31.2 Å². The van der Waals surface area contributed by atoms with Gasteiger partial charge in [-0.2, -0.15) is 0 Å². The van der Waals surface area contributed by atoms with E-state index in [4.69, 9.17) is 14.2 Å². The Morgan fingerprint density at radius 2 is 2.09 bits per heavy atom.